The van der Waals surface area contributed by atoms with Gasteiger partial charge in [0.05, 0.1) is 6.54 Å². The maximum absolute atomic E-state index is 3.47. The number of unbranched alkanes of at least 4 members (excludes halogenated alkanes) is 1. The molecule has 0 spiro atoms. The van der Waals surface area contributed by atoms with Crippen LogP contribution in [0.4, 0.5) is 0 Å². The van der Waals surface area contributed by atoms with Crippen molar-refractivity contribution in [2.24, 2.45) is 0 Å². The van der Waals surface area contributed by atoms with Gasteiger partial charge in [0.2, 0.25) is 0 Å². The summed E-state index contributed by atoms with van der Waals surface area (Å²) < 4.78 is 1.17. The van der Waals surface area contributed by atoms with Gasteiger partial charge in [-0.1, -0.05) is 41.4 Å². The van der Waals surface area contributed by atoms with Gasteiger partial charge in [-0.05, 0) is 18.6 Å². The minimum atomic E-state index is 0. The van der Waals surface area contributed by atoms with Gasteiger partial charge in [0.1, 0.15) is 6.54 Å². The molecule has 1 aromatic carbocycles. The zero-order valence-corrected chi connectivity index (χ0v) is 10.8. The second kappa shape index (κ2) is 8.27. The zero-order valence-electron chi connectivity index (χ0n) is 8.47. The third-order valence-corrected chi connectivity index (χ3v) is 2.52. The van der Waals surface area contributed by atoms with E-state index in [0.717, 1.165) is 6.54 Å². The Kier molecular flexibility index (Phi) is 8.24. The lowest BCUT2D eigenvalue weighted by Gasteiger charge is -2.01. The van der Waals surface area contributed by atoms with Crippen LogP contribution in [0.3, 0.4) is 0 Å². The number of halogens is 2. The Morgan fingerprint density at radius 3 is 2.79 bits per heavy atom. The molecule has 0 saturated carbocycles. The van der Waals surface area contributed by atoms with E-state index in [1.807, 2.05) is 0 Å². The molecule has 0 atom stereocenters. The van der Waals surface area contributed by atoms with E-state index in [1.54, 1.807) is 0 Å². The highest BCUT2D eigenvalue weighted by Gasteiger charge is 1.95. The Morgan fingerprint density at radius 2 is 2.14 bits per heavy atom. The molecule has 0 unspecified atom stereocenters. The number of benzene rings is 1. The van der Waals surface area contributed by atoms with E-state index < -0.39 is 0 Å². The molecule has 80 valence electrons. The molecule has 0 aromatic heterocycles. The summed E-state index contributed by atoms with van der Waals surface area (Å²) in [7, 11) is 0. The average molecular weight is 279 g/mol. The molecule has 1 nitrogen and oxygen atoms in total. The van der Waals surface area contributed by atoms with E-state index in [-0.39, 0.29) is 12.4 Å². The maximum Gasteiger partial charge on any atom is 0.101 e. The Hall–Kier alpha value is -0.0500. The highest BCUT2D eigenvalue weighted by Crippen LogP contribution is 2.10. The lowest BCUT2D eigenvalue weighted by Crippen LogP contribution is -3.00. The molecule has 0 radical (unpaired) electrons. The van der Waals surface area contributed by atoms with Gasteiger partial charge in [-0.2, -0.15) is 0 Å². The van der Waals surface area contributed by atoms with E-state index in [9.17, 15) is 0 Å². The van der Waals surface area contributed by atoms with E-state index in [4.69, 9.17) is 0 Å². The molecule has 2 N–H and O–H groups in total. The first kappa shape index (κ1) is 13.9. The minimum Gasteiger partial charge on any atom is -1.00 e. The predicted molar refractivity (Wildman–Crippen MR) is 59.5 cm³/mol. The molecular weight excluding hydrogens is 261 g/mol. The molecular formula is C11H17BrClN. The van der Waals surface area contributed by atoms with Crippen molar-refractivity contribution in [1.29, 1.82) is 0 Å². The van der Waals surface area contributed by atoms with Gasteiger partial charge < -0.3 is 17.7 Å². The Labute approximate surface area is 101 Å². The molecule has 0 aliphatic carbocycles. The predicted octanol–water partition coefficient (Wildman–Crippen LogP) is -0.683. The summed E-state index contributed by atoms with van der Waals surface area (Å²) in [6.45, 7) is 4.56. The lowest BCUT2D eigenvalue weighted by molar-refractivity contribution is -0.670. The van der Waals surface area contributed by atoms with Gasteiger partial charge in [0, 0.05) is 10.0 Å². The highest BCUT2D eigenvalue weighted by atomic mass is 79.9. The second-order valence-electron chi connectivity index (χ2n) is 3.26. The third kappa shape index (κ3) is 5.63. The summed E-state index contributed by atoms with van der Waals surface area (Å²) in [6, 6.07) is 8.51. The van der Waals surface area contributed by atoms with Crippen molar-refractivity contribution in [3.8, 4) is 0 Å². The van der Waals surface area contributed by atoms with E-state index in [2.05, 4.69) is 52.4 Å². The van der Waals surface area contributed by atoms with E-state index >= 15 is 0 Å². The monoisotopic (exact) mass is 277 g/mol. The van der Waals surface area contributed by atoms with Crippen LogP contribution in [-0.2, 0) is 6.54 Å². The topological polar surface area (TPSA) is 16.6 Å². The van der Waals surface area contributed by atoms with Crippen LogP contribution < -0.4 is 17.7 Å². The normalized spacial score (nSPS) is 9.57. The quantitative estimate of drug-likeness (QED) is 0.687. The van der Waals surface area contributed by atoms with E-state index in [0.29, 0.717) is 0 Å². The van der Waals surface area contributed by atoms with Crippen molar-refractivity contribution in [1.82, 2.24) is 0 Å². The first-order valence-corrected chi connectivity index (χ1v) is 5.68. The number of nitrogens with two attached hydrogens (primary N) is 1. The second-order valence-corrected chi connectivity index (χ2v) is 4.18. The fourth-order valence-electron chi connectivity index (χ4n) is 1.28. The molecule has 0 heterocycles. The summed E-state index contributed by atoms with van der Waals surface area (Å²) in [5.41, 5.74) is 1.39. The van der Waals surface area contributed by atoms with Gasteiger partial charge in [-0.3, -0.25) is 0 Å². The van der Waals surface area contributed by atoms with Crippen LogP contribution in [0.25, 0.3) is 0 Å². The fraction of sp³-hybridized carbons (Fsp3) is 0.455. The fourth-order valence-corrected chi connectivity index (χ4v) is 1.73. The van der Waals surface area contributed by atoms with Gasteiger partial charge in [-0.25, -0.2) is 0 Å². The molecule has 1 aromatic rings. The van der Waals surface area contributed by atoms with Crippen molar-refractivity contribution >= 4 is 15.9 Å². The molecule has 0 aliphatic heterocycles. The molecule has 14 heavy (non-hydrogen) atoms. The third-order valence-electron chi connectivity index (χ3n) is 2.03. The summed E-state index contributed by atoms with van der Waals surface area (Å²) in [5.74, 6) is 0. The number of rotatable bonds is 5. The Balaban J connectivity index is 0.00000169. The van der Waals surface area contributed by atoms with Crippen molar-refractivity contribution in [3.05, 3.63) is 34.3 Å². The maximum atomic E-state index is 3.47. The first-order chi connectivity index (χ1) is 6.33. The van der Waals surface area contributed by atoms with E-state index in [1.165, 1.54) is 29.4 Å². The number of hydrogen-bond acceptors (Lipinski definition) is 0. The molecule has 0 fully saturated rings. The summed E-state index contributed by atoms with van der Waals surface area (Å²) >= 11 is 3.47. The average Bonchev–Trinajstić information content (AvgIpc) is 2.13. The molecule has 0 amide bonds. The molecule has 3 heteroatoms. The lowest BCUT2D eigenvalue weighted by atomic mass is 10.2. The van der Waals surface area contributed by atoms with Gasteiger partial charge >= 0.3 is 0 Å². The van der Waals surface area contributed by atoms with Crippen LogP contribution in [0.5, 0.6) is 0 Å². The largest absolute Gasteiger partial charge is 1.00 e. The van der Waals surface area contributed by atoms with Crippen LogP contribution in [0.1, 0.15) is 25.3 Å². The van der Waals surface area contributed by atoms with Crippen LogP contribution in [-0.4, -0.2) is 6.54 Å². The highest BCUT2D eigenvalue weighted by molar-refractivity contribution is 9.10. The van der Waals surface area contributed by atoms with Crippen LogP contribution in [0, 0.1) is 0 Å². The summed E-state index contributed by atoms with van der Waals surface area (Å²) in [6.07, 6.45) is 2.60. The number of quaternary nitrogens is 1. The summed E-state index contributed by atoms with van der Waals surface area (Å²) in [4.78, 5) is 0. The minimum absolute atomic E-state index is 0. The van der Waals surface area contributed by atoms with Crippen LogP contribution in [0.2, 0.25) is 0 Å². The van der Waals surface area contributed by atoms with Crippen molar-refractivity contribution in [3.63, 3.8) is 0 Å². The SMILES string of the molecule is CCCC[NH2+]Cc1cccc(Br)c1.[Cl-]. The van der Waals surface area contributed by atoms with Gasteiger partial charge in [-0.15, -0.1) is 0 Å². The molecule has 0 bridgehead atoms. The zero-order chi connectivity index (χ0) is 9.52. The van der Waals surface area contributed by atoms with Crippen molar-refractivity contribution in [2.45, 2.75) is 26.3 Å². The Bertz CT molecular complexity index is 253. The smallest absolute Gasteiger partial charge is 0.101 e. The van der Waals surface area contributed by atoms with Crippen molar-refractivity contribution < 1.29 is 17.7 Å². The van der Waals surface area contributed by atoms with Gasteiger partial charge in [0.15, 0.2) is 0 Å². The first-order valence-electron chi connectivity index (χ1n) is 4.89. The van der Waals surface area contributed by atoms with Crippen LogP contribution >= 0.6 is 15.9 Å². The van der Waals surface area contributed by atoms with Crippen LogP contribution in [0.15, 0.2) is 28.7 Å². The molecule has 0 aliphatic rings. The molecule has 0 saturated heterocycles. The summed E-state index contributed by atoms with van der Waals surface area (Å²) in [5, 5.41) is 2.37. The number of hydrogen-bond donors (Lipinski definition) is 1. The Morgan fingerprint density at radius 1 is 1.36 bits per heavy atom. The molecule has 1 rings (SSSR count). The van der Waals surface area contributed by atoms with Crippen molar-refractivity contribution in [2.75, 3.05) is 6.54 Å². The standard InChI is InChI=1S/C11H16BrN.ClH/c1-2-3-7-13-9-10-5-4-6-11(12)8-10;/h4-6,8,13H,2-3,7,9H2,1H3;1H. The van der Waals surface area contributed by atoms with Gasteiger partial charge in [0.25, 0.3) is 0 Å².